The van der Waals surface area contributed by atoms with E-state index in [4.69, 9.17) is 0 Å². The van der Waals surface area contributed by atoms with E-state index >= 15 is 0 Å². The number of aromatic amines is 1. The van der Waals surface area contributed by atoms with Gasteiger partial charge in [-0.05, 0) is 48.9 Å². The number of carbonyl (C=O) groups excluding carboxylic acids is 1. The Morgan fingerprint density at radius 3 is 2.88 bits per heavy atom. The lowest BCUT2D eigenvalue weighted by Crippen LogP contribution is -2.25. The molecule has 0 bridgehead atoms. The summed E-state index contributed by atoms with van der Waals surface area (Å²) in [6.07, 6.45) is 5.81. The molecule has 1 fully saturated rings. The van der Waals surface area contributed by atoms with Gasteiger partial charge in [0.25, 0.3) is 0 Å². The first kappa shape index (κ1) is 15.3. The maximum Gasteiger partial charge on any atom is 0.228 e. The Morgan fingerprint density at radius 2 is 2.00 bits per heavy atom. The number of hydrogen-bond acceptors (Lipinski definition) is 3. The fourth-order valence-electron chi connectivity index (χ4n) is 4.53. The van der Waals surface area contributed by atoms with Crippen LogP contribution in [0.4, 0.5) is 5.69 Å². The molecule has 26 heavy (non-hydrogen) atoms. The average molecular weight is 344 g/mol. The Bertz CT molecular complexity index is 966. The predicted octanol–water partition coefficient (Wildman–Crippen LogP) is 3.70. The third-order valence-corrected chi connectivity index (χ3v) is 5.87. The van der Waals surface area contributed by atoms with Gasteiger partial charge < -0.3 is 5.32 Å². The highest BCUT2D eigenvalue weighted by Gasteiger charge is 2.60. The molecule has 1 amide bonds. The van der Waals surface area contributed by atoms with Crippen molar-refractivity contribution in [3.8, 4) is 11.4 Å². The second kappa shape index (κ2) is 5.80. The summed E-state index contributed by atoms with van der Waals surface area (Å²) in [4.78, 5) is 17.2. The molecule has 0 unspecified atom stereocenters. The number of rotatable bonds is 3. The van der Waals surface area contributed by atoms with Crippen LogP contribution in [0.25, 0.3) is 11.4 Å². The minimum Gasteiger partial charge on any atom is -0.325 e. The fourth-order valence-corrected chi connectivity index (χ4v) is 4.53. The monoisotopic (exact) mass is 344 g/mol. The van der Waals surface area contributed by atoms with E-state index in [0.29, 0.717) is 5.82 Å². The van der Waals surface area contributed by atoms with Crippen LogP contribution in [0.3, 0.4) is 0 Å². The molecule has 2 aromatic carbocycles. The molecule has 2 aliphatic carbocycles. The van der Waals surface area contributed by atoms with Crippen LogP contribution < -0.4 is 5.32 Å². The van der Waals surface area contributed by atoms with Crippen molar-refractivity contribution in [3.05, 3.63) is 66.0 Å². The number of anilines is 1. The summed E-state index contributed by atoms with van der Waals surface area (Å²) in [7, 11) is 0. The number of nitrogens with zero attached hydrogens (tertiary/aromatic N) is 2. The molecule has 1 heterocycles. The lowest BCUT2D eigenvalue weighted by Gasteiger charge is -2.26. The van der Waals surface area contributed by atoms with Crippen LogP contribution in [0.1, 0.15) is 30.4 Å². The molecule has 2 atom stereocenters. The van der Waals surface area contributed by atoms with Crippen LogP contribution in [0.2, 0.25) is 0 Å². The molecular weight excluding hydrogens is 324 g/mol. The van der Waals surface area contributed by atoms with Gasteiger partial charge in [-0.2, -0.15) is 5.10 Å². The van der Waals surface area contributed by atoms with E-state index in [2.05, 4.69) is 44.8 Å². The molecule has 1 spiro atoms. The Morgan fingerprint density at radius 1 is 1.15 bits per heavy atom. The summed E-state index contributed by atoms with van der Waals surface area (Å²) in [5, 5.41) is 9.92. The molecule has 0 radical (unpaired) electrons. The van der Waals surface area contributed by atoms with Gasteiger partial charge >= 0.3 is 0 Å². The van der Waals surface area contributed by atoms with Gasteiger partial charge in [0.15, 0.2) is 5.82 Å². The van der Waals surface area contributed by atoms with Crippen LogP contribution in [-0.4, -0.2) is 21.1 Å². The number of fused-ring (bicyclic) bond motifs is 2. The van der Waals surface area contributed by atoms with Crippen molar-refractivity contribution in [2.75, 3.05) is 5.32 Å². The summed E-state index contributed by atoms with van der Waals surface area (Å²) < 4.78 is 0. The first-order valence-corrected chi connectivity index (χ1v) is 9.12. The number of H-pyrrole nitrogens is 1. The van der Waals surface area contributed by atoms with Crippen molar-refractivity contribution in [2.45, 2.75) is 31.1 Å². The standard InChI is InChI=1S/C21H20N4O/c26-20(24-18-10-4-2-8-15(18)19-22-13-23-25-19)17-12-21(17)11-5-7-14-6-1-3-9-16(14)21/h1-4,6,8-10,13,17H,5,7,11-12H2,(H,24,26)(H,22,23,25)/t17-,21-/m1/s1. The van der Waals surface area contributed by atoms with Crippen LogP contribution in [0.15, 0.2) is 54.9 Å². The van der Waals surface area contributed by atoms with Crippen LogP contribution >= 0.6 is 0 Å². The number of aromatic nitrogens is 3. The average Bonchev–Trinajstić information content (AvgIpc) is 3.13. The molecular formula is C21H20N4O. The van der Waals surface area contributed by atoms with Crippen molar-refractivity contribution in [3.63, 3.8) is 0 Å². The van der Waals surface area contributed by atoms with E-state index in [1.165, 1.54) is 17.5 Å². The van der Waals surface area contributed by atoms with Gasteiger partial charge in [0, 0.05) is 16.9 Å². The maximum atomic E-state index is 13.0. The molecule has 2 N–H and O–H groups in total. The fraction of sp³-hybridized carbons (Fsp3) is 0.286. The lowest BCUT2D eigenvalue weighted by atomic mass is 9.78. The Hall–Kier alpha value is -2.95. The minimum atomic E-state index is 0.0418. The highest BCUT2D eigenvalue weighted by Crippen LogP contribution is 2.60. The molecule has 0 aliphatic heterocycles. The lowest BCUT2D eigenvalue weighted by molar-refractivity contribution is -0.117. The molecule has 5 heteroatoms. The molecule has 0 saturated heterocycles. The third kappa shape index (κ3) is 2.35. The topological polar surface area (TPSA) is 70.7 Å². The van der Waals surface area contributed by atoms with Gasteiger partial charge in [0.05, 0.1) is 5.69 Å². The van der Waals surface area contributed by atoms with Gasteiger partial charge in [-0.1, -0.05) is 36.4 Å². The van der Waals surface area contributed by atoms with Gasteiger partial charge in [0.1, 0.15) is 6.33 Å². The van der Waals surface area contributed by atoms with Crippen molar-refractivity contribution in [1.82, 2.24) is 15.2 Å². The van der Waals surface area contributed by atoms with E-state index in [9.17, 15) is 4.79 Å². The van der Waals surface area contributed by atoms with Crippen LogP contribution in [-0.2, 0) is 16.6 Å². The number of nitrogens with one attached hydrogen (secondary N) is 2. The Balaban J connectivity index is 1.41. The first-order chi connectivity index (χ1) is 12.8. The summed E-state index contributed by atoms with van der Waals surface area (Å²) >= 11 is 0. The highest BCUT2D eigenvalue weighted by atomic mass is 16.2. The number of carbonyl (C=O) groups is 1. The quantitative estimate of drug-likeness (QED) is 0.761. The van der Waals surface area contributed by atoms with Crippen molar-refractivity contribution in [2.24, 2.45) is 5.92 Å². The highest BCUT2D eigenvalue weighted by molar-refractivity contribution is 5.99. The summed E-state index contributed by atoms with van der Waals surface area (Å²) in [5.41, 5.74) is 4.48. The van der Waals surface area contributed by atoms with Gasteiger partial charge in [-0.25, -0.2) is 4.98 Å². The normalized spacial score (nSPS) is 23.5. The van der Waals surface area contributed by atoms with Crippen LogP contribution in [0.5, 0.6) is 0 Å². The van der Waals surface area contributed by atoms with Crippen molar-refractivity contribution >= 4 is 11.6 Å². The Kier molecular flexibility index (Phi) is 3.42. The molecule has 2 aliphatic rings. The first-order valence-electron chi connectivity index (χ1n) is 9.12. The number of aryl methyl sites for hydroxylation is 1. The van der Waals surface area contributed by atoms with Crippen molar-refractivity contribution < 1.29 is 4.79 Å². The molecule has 1 aromatic heterocycles. The van der Waals surface area contributed by atoms with Crippen molar-refractivity contribution in [1.29, 1.82) is 0 Å². The number of benzene rings is 2. The number of para-hydroxylation sites is 1. The summed E-state index contributed by atoms with van der Waals surface area (Å²) in [6, 6.07) is 16.3. The van der Waals surface area contributed by atoms with Gasteiger partial charge in [-0.3, -0.25) is 9.89 Å². The van der Waals surface area contributed by atoms with E-state index in [1.807, 2.05) is 24.3 Å². The maximum absolute atomic E-state index is 13.0. The molecule has 1 saturated carbocycles. The zero-order chi connectivity index (χ0) is 17.6. The van der Waals surface area contributed by atoms with E-state index in [-0.39, 0.29) is 17.2 Å². The summed E-state index contributed by atoms with van der Waals surface area (Å²) in [6.45, 7) is 0. The molecule has 5 nitrogen and oxygen atoms in total. The predicted molar refractivity (Wildman–Crippen MR) is 99.6 cm³/mol. The zero-order valence-corrected chi connectivity index (χ0v) is 14.4. The molecule has 130 valence electrons. The van der Waals surface area contributed by atoms with E-state index in [1.54, 1.807) is 0 Å². The summed E-state index contributed by atoms with van der Waals surface area (Å²) in [5.74, 6) is 0.815. The van der Waals surface area contributed by atoms with Gasteiger partial charge in [-0.15, -0.1) is 0 Å². The Labute approximate surface area is 151 Å². The zero-order valence-electron chi connectivity index (χ0n) is 14.4. The second-order valence-electron chi connectivity index (χ2n) is 7.29. The van der Waals surface area contributed by atoms with Gasteiger partial charge in [0.2, 0.25) is 5.91 Å². The van der Waals surface area contributed by atoms with Crippen LogP contribution in [0, 0.1) is 5.92 Å². The van der Waals surface area contributed by atoms with E-state index < -0.39 is 0 Å². The molecule has 3 aromatic rings. The minimum absolute atomic E-state index is 0.0418. The third-order valence-electron chi connectivity index (χ3n) is 5.87. The second-order valence-corrected chi connectivity index (χ2v) is 7.29. The number of amides is 1. The smallest absolute Gasteiger partial charge is 0.228 e. The largest absolute Gasteiger partial charge is 0.325 e. The molecule has 5 rings (SSSR count). The SMILES string of the molecule is O=C(Nc1ccccc1-c1ncn[nH]1)[C@H]1C[C@@]12CCCc1ccccc12. The number of hydrogen-bond donors (Lipinski definition) is 2. The van der Waals surface area contributed by atoms with E-state index in [0.717, 1.165) is 36.9 Å².